The Morgan fingerprint density at radius 2 is 1.86 bits per heavy atom. The van der Waals surface area contributed by atoms with Crippen molar-refractivity contribution in [1.82, 2.24) is 0 Å². The van der Waals surface area contributed by atoms with E-state index in [1.54, 1.807) is 0 Å². The van der Waals surface area contributed by atoms with Crippen LogP contribution in [0.3, 0.4) is 0 Å². The summed E-state index contributed by atoms with van der Waals surface area (Å²) < 4.78 is 5.51. The highest BCUT2D eigenvalue weighted by atomic mass is 16.5. The number of para-hydroxylation sites is 2. The molecule has 0 spiro atoms. The zero-order valence-electron chi connectivity index (χ0n) is 13.5. The summed E-state index contributed by atoms with van der Waals surface area (Å²) in [6.45, 7) is 6.70. The molecular weight excluding hydrogens is 274 g/mol. The largest absolute Gasteiger partial charge is 0.492 e. The van der Waals surface area contributed by atoms with Crippen molar-refractivity contribution >= 4 is 11.6 Å². The number of anilines is 1. The number of hydrogen-bond acceptors (Lipinski definition) is 2. The Morgan fingerprint density at radius 3 is 2.59 bits per heavy atom. The minimum absolute atomic E-state index is 0.00498. The Balaban J connectivity index is 1.94. The monoisotopic (exact) mass is 297 g/mol. The fraction of sp³-hybridized carbons (Fsp3) is 0.316. The molecule has 0 atom stereocenters. The second-order valence-corrected chi connectivity index (χ2v) is 5.40. The van der Waals surface area contributed by atoms with Gasteiger partial charge in [-0.1, -0.05) is 30.3 Å². The highest BCUT2D eigenvalue weighted by Crippen LogP contribution is 2.24. The first-order chi connectivity index (χ1) is 10.6. The van der Waals surface area contributed by atoms with Crippen LogP contribution in [0, 0.1) is 13.8 Å². The Morgan fingerprint density at radius 1 is 1.09 bits per heavy atom. The maximum absolute atomic E-state index is 12.1. The van der Waals surface area contributed by atoms with Gasteiger partial charge in [0.1, 0.15) is 5.75 Å². The molecule has 0 fully saturated rings. The van der Waals surface area contributed by atoms with Crippen LogP contribution in [-0.4, -0.2) is 12.5 Å². The average molecular weight is 297 g/mol. The summed E-state index contributed by atoms with van der Waals surface area (Å²) in [7, 11) is 0. The number of ether oxygens (including phenoxy) is 1. The molecule has 0 aliphatic heterocycles. The molecule has 22 heavy (non-hydrogen) atoms. The predicted molar refractivity (Wildman–Crippen MR) is 90.5 cm³/mol. The first kappa shape index (κ1) is 16.1. The summed E-state index contributed by atoms with van der Waals surface area (Å²) in [5.74, 6) is 0.718. The molecule has 0 aromatic heterocycles. The fourth-order valence-electron chi connectivity index (χ4n) is 2.28. The lowest BCUT2D eigenvalue weighted by Gasteiger charge is -2.11. The number of benzene rings is 2. The van der Waals surface area contributed by atoms with E-state index in [1.165, 1.54) is 16.7 Å². The molecule has 3 nitrogen and oxygen atoms in total. The van der Waals surface area contributed by atoms with Gasteiger partial charge in [0.2, 0.25) is 5.91 Å². The van der Waals surface area contributed by atoms with Crippen LogP contribution in [0.2, 0.25) is 0 Å². The molecule has 0 radical (unpaired) electrons. The van der Waals surface area contributed by atoms with Crippen LogP contribution < -0.4 is 10.1 Å². The third-order valence-corrected chi connectivity index (χ3v) is 3.67. The van der Waals surface area contributed by atoms with E-state index in [1.807, 2.05) is 31.2 Å². The smallest absolute Gasteiger partial charge is 0.224 e. The van der Waals surface area contributed by atoms with E-state index in [-0.39, 0.29) is 5.91 Å². The summed E-state index contributed by atoms with van der Waals surface area (Å²) in [6, 6.07) is 13.9. The van der Waals surface area contributed by atoms with Crippen molar-refractivity contribution in [3.05, 3.63) is 59.2 Å². The average Bonchev–Trinajstić information content (AvgIpc) is 2.51. The van der Waals surface area contributed by atoms with Gasteiger partial charge in [-0.05, 0) is 56.0 Å². The molecule has 0 aliphatic rings. The van der Waals surface area contributed by atoms with Crippen LogP contribution in [0.25, 0.3) is 0 Å². The molecule has 2 aromatic rings. The van der Waals surface area contributed by atoms with E-state index in [9.17, 15) is 4.79 Å². The number of aryl methyl sites for hydroxylation is 3. The van der Waals surface area contributed by atoms with Gasteiger partial charge in [-0.15, -0.1) is 0 Å². The van der Waals surface area contributed by atoms with Crippen LogP contribution in [0.1, 0.15) is 30.0 Å². The molecule has 0 saturated heterocycles. The first-order valence-corrected chi connectivity index (χ1v) is 7.68. The van der Waals surface area contributed by atoms with Crippen molar-refractivity contribution in [2.45, 2.75) is 33.6 Å². The molecule has 0 bridgehead atoms. The highest BCUT2D eigenvalue weighted by molar-refractivity contribution is 5.92. The second-order valence-electron chi connectivity index (χ2n) is 5.40. The third-order valence-electron chi connectivity index (χ3n) is 3.67. The van der Waals surface area contributed by atoms with Crippen molar-refractivity contribution in [2.24, 2.45) is 0 Å². The summed E-state index contributed by atoms with van der Waals surface area (Å²) in [4.78, 5) is 12.1. The van der Waals surface area contributed by atoms with Crippen molar-refractivity contribution in [1.29, 1.82) is 0 Å². The Bertz CT molecular complexity index is 650. The van der Waals surface area contributed by atoms with Crippen LogP contribution in [0.4, 0.5) is 5.69 Å². The van der Waals surface area contributed by atoms with Gasteiger partial charge in [-0.25, -0.2) is 0 Å². The molecule has 1 N–H and O–H groups in total. The quantitative estimate of drug-likeness (QED) is 0.864. The molecule has 3 heteroatoms. The number of nitrogens with one attached hydrogen (secondary N) is 1. The lowest BCUT2D eigenvalue weighted by Crippen LogP contribution is -2.13. The van der Waals surface area contributed by atoms with Crippen LogP contribution in [-0.2, 0) is 11.2 Å². The summed E-state index contributed by atoms with van der Waals surface area (Å²) >= 11 is 0. The van der Waals surface area contributed by atoms with Crippen LogP contribution in [0.5, 0.6) is 5.75 Å². The maximum Gasteiger partial charge on any atom is 0.224 e. The number of hydrogen-bond donors (Lipinski definition) is 1. The van der Waals surface area contributed by atoms with Gasteiger partial charge >= 0.3 is 0 Å². The molecular formula is C19H23NO2. The minimum Gasteiger partial charge on any atom is -0.492 e. The number of rotatable bonds is 6. The van der Waals surface area contributed by atoms with Gasteiger partial charge in [-0.3, -0.25) is 4.79 Å². The van der Waals surface area contributed by atoms with E-state index >= 15 is 0 Å². The molecule has 0 heterocycles. The van der Waals surface area contributed by atoms with Crippen LogP contribution in [0.15, 0.2) is 42.5 Å². The van der Waals surface area contributed by atoms with Crippen LogP contribution >= 0.6 is 0 Å². The fourth-order valence-corrected chi connectivity index (χ4v) is 2.28. The number of carbonyl (C=O) groups excluding carboxylic acids is 1. The Hall–Kier alpha value is -2.29. The van der Waals surface area contributed by atoms with E-state index in [2.05, 4.69) is 37.4 Å². The summed E-state index contributed by atoms with van der Waals surface area (Å²) in [6.07, 6.45) is 1.20. The first-order valence-electron chi connectivity index (χ1n) is 7.68. The van der Waals surface area contributed by atoms with Crippen molar-refractivity contribution in [3.63, 3.8) is 0 Å². The molecule has 2 aromatic carbocycles. The summed E-state index contributed by atoms with van der Waals surface area (Å²) in [5.41, 5.74) is 4.46. The minimum atomic E-state index is 0.00498. The van der Waals surface area contributed by atoms with Gasteiger partial charge in [-0.2, -0.15) is 0 Å². The second kappa shape index (κ2) is 7.64. The lowest BCUT2D eigenvalue weighted by molar-refractivity contribution is -0.116. The third kappa shape index (κ3) is 4.35. The zero-order chi connectivity index (χ0) is 15.9. The molecule has 0 aliphatic carbocycles. The normalized spacial score (nSPS) is 10.3. The van der Waals surface area contributed by atoms with Crippen molar-refractivity contribution < 1.29 is 9.53 Å². The van der Waals surface area contributed by atoms with Gasteiger partial charge < -0.3 is 10.1 Å². The highest BCUT2D eigenvalue weighted by Gasteiger charge is 2.08. The molecule has 2 rings (SSSR count). The molecule has 116 valence electrons. The molecule has 0 unspecified atom stereocenters. The maximum atomic E-state index is 12.1. The standard InChI is InChI=1S/C19H23NO2/c1-4-22-18-8-6-5-7-17(18)20-19(21)12-11-16-10-9-14(2)15(3)13-16/h5-10,13H,4,11-12H2,1-3H3,(H,20,21). The number of amides is 1. The lowest BCUT2D eigenvalue weighted by atomic mass is 10.0. The number of carbonyl (C=O) groups is 1. The SMILES string of the molecule is CCOc1ccccc1NC(=O)CCc1ccc(C)c(C)c1. The van der Waals surface area contributed by atoms with E-state index in [4.69, 9.17) is 4.74 Å². The topological polar surface area (TPSA) is 38.3 Å². The van der Waals surface area contributed by atoms with E-state index in [0.717, 1.165) is 12.1 Å². The Kier molecular flexibility index (Phi) is 5.59. The van der Waals surface area contributed by atoms with Crippen molar-refractivity contribution in [2.75, 3.05) is 11.9 Å². The zero-order valence-corrected chi connectivity index (χ0v) is 13.5. The van der Waals surface area contributed by atoms with Gasteiger partial charge in [0.25, 0.3) is 0 Å². The Labute approximate surface area is 132 Å². The molecule has 1 amide bonds. The van der Waals surface area contributed by atoms with E-state index < -0.39 is 0 Å². The van der Waals surface area contributed by atoms with Gasteiger partial charge in [0, 0.05) is 6.42 Å². The van der Waals surface area contributed by atoms with Crippen molar-refractivity contribution in [3.8, 4) is 5.75 Å². The van der Waals surface area contributed by atoms with E-state index in [0.29, 0.717) is 18.8 Å². The van der Waals surface area contributed by atoms with Gasteiger partial charge in [0.15, 0.2) is 0 Å². The predicted octanol–water partition coefficient (Wildman–Crippen LogP) is 4.27. The van der Waals surface area contributed by atoms with Gasteiger partial charge in [0.05, 0.1) is 12.3 Å². The summed E-state index contributed by atoms with van der Waals surface area (Å²) in [5, 5.41) is 2.93. The molecule has 0 saturated carbocycles.